The van der Waals surface area contributed by atoms with E-state index in [0.29, 0.717) is 28.5 Å². The molecule has 0 radical (unpaired) electrons. The van der Waals surface area contributed by atoms with Crippen molar-refractivity contribution in [3.63, 3.8) is 0 Å². The van der Waals surface area contributed by atoms with Crippen LogP contribution >= 0.6 is 27.5 Å². The first kappa shape index (κ1) is 15.5. The number of benzene rings is 2. The molecular formula is C18H10BrClF2N2. The third-order valence-electron chi connectivity index (χ3n) is 3.95. The highest BCUT2D eigenvalue weighted by Gasteiger charge is 2.18. The molecular weight excluding hydrogens is 398 g/mol. The van der Waals surface area contributed by atoms with Crippen LogP contribution < -0.4 is 0 Å². The van der Waals surface area contributed by atoms with Crippen molar-refractivity contribution in [1.82, 2.24) is 4.57 Å². The predicted molar refractivity (Wildman–Crippen MR) is 95.1 cm³/mol. The molecule has 0 bridgehead atoms. The van der Waals surface area contributed by atoms with E-state index in [4.69, 9.17) is 11.6 Å². The third-order valence-corrected chi connectivity index (χ3v) is 4.72. The number of aliphatic imine (C=N–C) groups is 1. The molecule has 2 aromatic carbocycles. The van der Waals surface area contributed by atoms with Crippen LogP contribution in [0.4, 0.5) is 14.5 Å². The van der Waals surface area contributed by atoms with Gasteiger partial charge in [0.15, 0.2) is 5.17 Å². The van der Waals surface area contributed by atoms with Gasteiger partial charge in [-0.1, -0.05) is 27.5 Å². The summed E-state index contributed by atoms with van der Waals surface area (Å²) in [7, 11) is 0. The van der Waals surface area contributed by atoms with E-state index >= 15 is 0 Å². The zero-order valence-electron chi connectivity index (χ0n) is 12.2. The number of hydrogen-bond donors (Lipinski definition) is 0. The molecule has 0 amide bonds. The maximum absolute atomic E-state index is 14.1. The van der Waals surface area contributed by atoms with E-state index in [9.17, 15) is 8.78 Å². The predicted octanol–water partition coefficient (Wildman–Crippen LogP) is 5.87. The quantitative estimate of drug-likeness (QED) is 0.480. The average molecular weight is 408 g/mol. The van der Waals surface area contributed by atoms with Crippen molar-refractivity contribution in [2.24, 2.45) is 4.99 Å². The van der Waals surface area contributed by atoms with Gasteiger partial charge in [-0.15, -0.1) is 0 Å². The van der Waals surface area contributed by atoms with Gasteiger partial charge in [-0.3, -0.25) is 0 Å². The number of nitrogens with zero attached hydrogens (tertiary/aromatic N) is 2. The van der Waals surface area contributed by atoms with Gasteiger partial charge in [0.05, 0.1) is 11.4 Å². The van der Waals surface area contributed by atoms with Crippen molar-refractivity contribution in [3.05, 3.63) is 76.0 Å². The van der Waals surface area contributed by atoms with E-state index in [-0.39, 0.29) is 0 Å². The second-order valence-electron chi connectivity index (χ2n) is 5.54. The highest BCUT2D eigenvalue weighted by Crippen LogP contribution is 2.32. The van der Waals surface area contributed by atoms with Crippen LogP contribution in [0.1, 0.15) is 11.3 Å². The number of aromatic nitrogens is 1. The van der Waals surface area contributed by atoms with Gasteiger partial charge in [-0.25, -0.2) is 13.8 Å². The Kier molecular flexibility index (Phi) is 3.77. The second-order valence-corrected chi connectivity index (χ2v) is 6.82. The molecule has 24 heavy (non-hydrogen) atoms. The molecule has 0 N–H and O–H groups in total. The first-order valence-electron chi connectivity index (χ1n) is 7.20. The summed E-state index contributed by atoms with van der Waals surface area (Å²) < 4.78 is 30.0. The molecule has 0 saturated heterocycles. The summed E-state index contributed by atoms with van der Waals surface area (Å²) in [6.07, 6.45) is 1.81. The normalized spacial score (nSPS) is 13.1. The summed E-state index contributed by atoms with van der Waals surface area (Å²) in [5, 5.41) is 0.338. The van der Waals surface area contributed by atoms with E-state index in [1.54, 1.807) is 12.3 Å². The first-order valence-corrected chi connectivity index (χ1v) is 8.37. The minimum Gasteiger partial charge on any atom is -0.340 e. The minimum atomic E-state index is -0.605. The maximum atomic E-state index is 14.1. The van der Waals surface area contributed by atoms with Crippen molar-refractivity contribution in [1.29, 1.82) is 0 Å². The summed E-state index contributed by atoms with van der Waals surface area (Å²) in [5.41, 5.74) is 3.47. The van der Waals surface area contributed by atoms with Gasteiger partial charge in [-0.05, 0) is 42.0 Å². The molecule has 0 aliphatic carbocycles. The van der Waals surface area contributed by atoms with Crippen LogP contribution in [0, 0.1) is 11.6 Å². The van der Waals surface area contributed by atoms with Crippen LogP contribution in [-0.4, -0.2) is 9.74 Å². The van der Waals surface area contributed by atoms with Crippen molar-refractivity contribution in [3.8, 4) is 11.1 Å². The summed E-state index contributed by atoms with van der Waals surface area (Å²) in [5.74, 6) is -1.21. The Morgan fingerprint density at radius 3 is 2.71 bits per heavy atom. The lowest BCUT2D eigenvalue weighted by Gasteiger charge is -2.06. The summed E-state index contributed by atoms with van der Waals surface area (Å²) in [4.78, 5) is 4.45. The Morgan fingerprint density at radius 2 is 1.92 bits per heavy atom. The van der Waals surface area contributed by atoms with Gasteiger partial charge >= 0.3 is 0 Å². The summed E-state index contributed by atoms with van der Waals surface area (Å²) in [6, 6.07) is 11.1. The molecule has 1 aliphatic heterocycles. The lowest BCUT2D eigenvalue weighted by molar-refractivity contribution is 0.585. The maximum Gasteiger partial charge on any atom is 0.153 e. The van der Waals surface area contributed by atoms with Crippen LogP contribution in [0.2, 0.25) is 0 Å². The molecule has 2 nitrogen and oxygen atoms in total. The van der Waals surface area contributed by atoms with Crippen molar-refractivity contribution < 1.29 is 8.78 Å². The molecule has 0 fully saturated rings. The highest BCUT2D eigenvalue weighted by molar-refractivity contribution is 9.10. The smallest absolute Gasteiger partial charge is 0.153 e. The molecule has 3 aromatic rings. The monoisotopic (exact) mass is 406 g/mol. The van der Waals surface area contributed by atoms with Crippen LogP contribution in [-0.2, 0) is 6.54 Å². The van der Waals surface area contributed by atoms with Gasteiger partial charge in [0, 0.05) is 34.4 Å². The van der Waals surface area contributed by atoms with Crippen LogP contribution in [0.5, 0.6) is 0 Å². The molecule has 120 valence electrons. The largest absolute Gasteiger partial charge is 0.340 e. The summed E-state index contributed by atoms with van der Waals surface area (Å²) in [6.45, 7) is 0.562. The van der Waals surface area contributed by atoms with Gasteiger partial charge in [0.25, 0.3) is 0 Å². The Morgan fingerprint density at radius 1 is 1.08 bits per heavy atom. The Hall–Kier alpha value is -1.98. The highest BCUT2D eigenvalue weighted by atomic mass is 79.9. The van der Waals surface area contributed by atoms with Gasteiger partial charge in [0.1, 0.15) is 11.6 Å². The molecule has 6 heteroatoms. The fourth-order valence-corrected chi connectivity index (χ4v) is 3.48. The number of fused-ring (bicyclic) bond motifs is 2. The topological polar surface area (TPSA) is 17.3 Å². The molecule has 4 rings (SSSR count). The van der Waals surface area contributed by atoms with Gasteiger partial charge in [-0.2, -0.15) is 0 Å². The van der Waals surface area contributed by atoms with Crippen molar-refractivity contribution in [2.75, 3.05) is 0 Å². The molecule has 1 aliphatic rings. The van der Waals surface area contributed by atoms with Gasteiger partial charge in [0.2, 0.25) is 0 Å². The lowest BCUT2D eigenvalue weighted by Crippen LogP contribution is -2.03. The zero-order chi connectivity index (χ0) is 16.8. The molecule has 0 spiro atoms. The lowest BCUT2D eigenvalue weighted by atomic mass is 10.1. The van der Waals surface area contributed by atoms with E-state index in [1.165, 1.54) is 12.1 Å². The first-order chi connectivity index (χ1) is 11.5. The number of hydrogen-bond acceptors (Lipinski definition) is 1. The van der Waals surface area contributed by atoms with Crippen molar-refractivity contribution in [2.45, 2.75) is 6.54 Å². The molecule has 1 aromatic heterocycles. The van der Waals surface area contributed by atoms with E-state index in [2.05, 4.69) is 20.9 Å². The molecule has 0 unspecified atom stereocenters. The second kappa shape index (κ2) is 5.83. The molecule has 0 saturated carbocycles. The van der Waals surface area contributed by atoms with Crippen LogP contribution in [0.3, 0.4) is 0 Å². The van der Waals surface area contributed by atoms with Crippen molar-refractivity contribution >= 4 is 38.4 Å². The average Bonchev–Trinajstić information content (AvgIpc) is 2.88. The number of halogens is 4. The molecule has 2 heterocycles. The fraction of sp³-hybridized carbons (Fsp3) is 0.0556. The van der Waals surface area contributed by atoms with E-state index in [0.717, 1.165) is 21.8 Å². The molecule has 0 atom stereocenters. The summed E-state index contributed by atoms with van der Waals surface area (Å²) >= 11 is 9.80. The Labute approximate surface area is 150 Å². The SMILES string of the molecule is Fc1ccc(-c2cc3n(c2)Cc2cc(Br)ccc2N=C3Cl)c(F)c1. The van der Waals surface area contributed by atoms with Gasteiger partial charge < -0.3 is 4.57 Å². The van der Waals surface area contributed by atoms with E-state index in [1.807, 2.05) is 22.8 Å². The van der Waals surface area contributed by atoms with Crippen LogP contribution in [0.25, 0.3) is 11.1 Å². The zero-order valence-corrected chi connectivity index (χ0v) is 14.6. The minimum absolute atomic E-state index is 0.330. The fourth-order valence-electron chi connectivity index (χ4n) is 2.82. The standard InChI is InChI=1S/C18H10BrClF2N2/c19-12-1-4-16-11(5-12)9-24-8-10(6-17(24)18(20)23-16)14-3-2-13(21)7-15(14)22/h1-8H,9H2. The Bertz CT molecular complexity index is 995. The number of rotatable bonds is 1. The van der Waals surface area contributed by atoms with E-state index < -0.39 is 11.6 Å². The Balaban J connectivity index is 1.84. The third kappa shape index (κ3) is 2.68. The van der Waals surface area contributed by atoms with Crippen LogP contribution in [0.15, 0.2) is 58.1 Å².